The number of rotatable bonds is 1. The Labute approximate surface area is 81.4 Å². The fourth-order valence-corrected chi connectivity index (χ4v) is 2.26. The molecule has 0 saturated heterocycles. The van der Waals surface area contributed by atoms with Gasteiger partial charge in [-0.2, -0.15) is 0 Å². The van der Waals surface area contributed by atoms with Crippen LogP contribution in [0.2, 0.25) is 0 Å². The maximum Gasteiger partial charge on any atom is 0.110 e. The van der Waals surface area contributed by atoms with Crippen molar-refractivity contribution in [1.82, 2.24) is 4.98 Å². The number of hydrogen-bond donors (Lipinski definition) is 1. The molecule has 0 radical (unpaired) electrons. The Morgan fingerprint density at radius 2 is 2.23 bits per heavy atom. The van der Waals surface area contributed by atoms with E-state index < -0.39 is 0 Å². The van der Waals surface area contributed by atoms with Crippen molar-refractivity contribution in [2.45, 2.75) is 19.9 Å². The van der Waals surface area contributed by atoms with Gasteiger partial charge in [0.05, 0.1) is 16.3 Å². The monoisotopic (exact) mass is 192 g/mol. The lowest BCUT2D eigenvalue weighted by Gasteiger charge is -1.95. The maximum atomic E-state index is 5.76. The summed E-state index contributed by atoms with van der Waals surface area (Å²) in [7, 11) is 0. The summed E-state index contributed by atoms with van der Waals surface area (Å²) in [5.74, 6) is 0. The summed E-state index contributed by atoms with van der Waals surface area (Å²) in [6.07, 6.45) is 0. The van der Waals surface area contributed by atoms with Gasteiger partial charge in [0.25, 0.3) is 0 Å². The molecule has 0 bridgehead atoms. The van der Waals surface area contributed by atoms with Gasteiger partial charge in [-0.15, -0.1) is 11.3 Å². The number of benzene rings is 1. The Morgan fingerprint density at radius 1 is 1.46 bits per heavy atom. The number of nitrogens with two attached hydrogens (primary N) is 1. The van der Waals surface area contributed by atoms with Crippen molar-refractivity contribution >= 4 is 21.6 Å². The fraction of sp³-hybridized carbons (Fsp3) is 0.300. The van der Waals surface area contributed by atoms with E-state index in [1.54, 1.807) is 11.3 Å². The molecule has 3 heteroatoms. The van der Waals surface area contributed by atoms with Crippen LogP contribution in [0, 0.1) is 6.92 Å². The van der Waals surface area contributed by atoms with Crippen LogP contribution in [0.3, 0.4) is 0 Å². The first-order valence-corrected chi connectivity index (χ1v) is 5.11. The van der Waals surface area contributed by atoms with Crippen LogP contribution in [0.4, 0.5) is 0 Å². The standard InChI is InChI=1S/C10H12N2S/c1-6-3-4-8-9(5-6)13-10(12-8)7(2)11/h3-5,7H,11H2,1-2H3/t7-/m1/s1. The molecule has 2 nitrogen and oxygen atoms in total. The van der Waals surface area contributed by atoms with E-state index in [1.807, 2.05) is 13.0 Å². The van der Waals surface area contributed by atoms with Crippen LogP contribution in [-0.4, -0.2) is 4.98 Å². The number of fused-ring (bicyclic) bond motifs is 1. The number of nitrogens with zero attached hydrogens (tertiary/aromatic N) is 1. The van der Waals surface area contributed by atoms with Gasteiger partial charge in [0.15, 0.2) is 0 Å². The number of hydrogen-bond acceptors (Lipinski definition) is 3. The molecule has 2 aromatic rings. The van der Waals surface area contributed by atoms with E-state index in [9.17, 15) is 0 Å². The highest BCUT2D eigenvalue weighted by atomic mass is 32.1. The summed E-state index contributed by atoms with van der Waals surface area (Å²) >= 11 is 1.68. The van der Waals surface area contributed by atoms with Crippen molar-refractivity contribution < 1.29 is 0 Å². The van der Waals surface area contributed by atoms with Crippen LogP contribution in [0.25, 0.3) is 10.2 Å². The van der Waals surface area contributed by atoms with Gasteiger partial charge in [-0.05, 0) is 31.5 Å². The number of thiazole rings is 1. The number of aryl methyl sites for hydroxylation is 1. The third-order valence-corrected chi connectivity index (χ3v) is 3.17. The van der Waals surface area contributed by atoms with Gasteiger partial charge in [-0.3, -0.25) is 0 Å². The molecule has 0 unspecified atom stereocenters. The van der Waals surface area contributed by atoms with Crippen molar-refractivity contribution in [1.29, 1.82) is 0 Å². The minimum Gasteiger partial charge on any atom is -0.322 e. The summed E-state index contributed by atoms with van der Waals surface area (Å²) < 4.78 is 1.23. The van der Waals surface area contributed by atoms with Gasteiger partial charge in [0.2, 0.25) is 0 Å². The summed E-state index contributed by atoms with van der Waals surface area (Å²) in [5, 5.41) is 1.01. The lowest BCUT2D eigenvalue weighted by Crippen LogP contribution is -2.03. The largest absolute Gasteiger partial charge is 0.322 e. The molecule has 1 aromatic carbocycles. The Hall–Kier alpha value is -0.930. The molecule has 13 heavy (non-hydrogen) atoms. The Kier molecular flexibility index (Phi) is 2.06. The molecule has 0 aliphatic rings. The first-order valence-electron chi connectivity index (χ1n) is 4.29. The van der Waals surface area contributed by atoms with E-state index in [-0.39, 0.29) is 6.04 Å². The SMILES string of the molecule is Cc1ccc2nc([C@@H](C)N)sc2c1. The topological polar surface area (TPSA) is 38.9 Å². The molecule has 2 rings (SSSR count). The van der Waals surface area contributed by atoms with Crippen molar-refractivity contribution in [2.24, 2.45) is 5.73 Å². The average Bonchev–Trinajstić information content (AvgIpc) is 2.46. The quantitative estimate of drug-likeness (QED) is 0.754. The molecular formula is C10H12N2S. The normalized spacial score (nSPS) is 13.5. The van der Waals surface area contributed by atoms with E-state index in [0.717, 1.165) is 10.5 Å². The minimum atomic E-state index is 0.0395. The molecule has 2 N–H and O–H groups in total. The van der Waals surface area contributed by atoms with E-state index >= 15 is 0 Å². The van der Waals surface area contributed by atoms with Gasteiger partial charge in [-0.1, -0.05) is 6.07 Å². The highest BCUT2D eigenvalue weighted by molar-refractivity contribution is 7.18. The predicted molar refractivity (Wildman–Crippen MR) is 57.0 cm³/mol. The molecule has 1 heterocycles. The Morgan fingerprint density at radius 3 is 2.92 bits per heavy atom. The molecule has 0 aliphatic carbocycles. The average molecular weight is 192 g/mol. The highest BCUT2D eigenvalue weighted by Gasteiger charge is 2.06. The zero-order valence-corrected chi connectivity index (χ0v) is 8.56. The molecule has 0 saturated carbocycles. The van der Waals surface area contributed by atoms with Crippen molar-refractivity contribution in [3.05, 3.63) is 28.8 Å². The summed E-state index contributed by atoms with van der Waals surface area (Å²) in [4.78, 5) is 4.45. The summed E-state index contributed by atoms with van der Waals surface area (Å²) in [6.45, 7) is 4.05. The molecular weight excluding hydrogens is 180 g/mol. The lowest BCUT2D eigenvalue weighted by molar-refractivity contribution is 0.810. The molecule has 0 spiro atoms. The van der Waals surface area contributed by atoms with Crippen LogP contribution < -0.4 is 5.73 Å². The van der Waals surface area contributed by atoms with E-state index in [4.69, 9.17) is 5.73 Å². The highest BCUT2D eigenvalue weighted by Crippen LogP contribution is 2.25. The lowest BCUT2D eigenvalue weighted by atomic mass is 10.2. The van der Waals surface area contributed by atoms with Crippen molar-refractivity contribution in [3.63, 3.8) is 0 Å². The van der Waals surface area contributed by atoms with Gasteiger partial charge < -0.3 is 5.73 Å². The molecule has 0 aliphatic heterocycles. The van der Waals surface area contributed by atoms with Gasteiger partial charge in [-0.25, -0.2) is 4.98 Å². The summed E-state index contributed by atoms with van der Waals surface area (Å²) in [5.41, 5.74) is 8.09. The second kappa shape index (κ2) is 3.09. The van der Waals surface area contributed by atoms with Crippen LogP contribution in [0.15, 0.2) is 18.2 Å². The number of aromatic nitrogens is 1. The zero-order chi connectivity index (χ0) is 9.42. The van der Waals surface area contributed by atoms with Crippen LogP contribution >= 0.6 is 11.3 Å². The second-order valence-corrected chi connectivity index (χ2v) is 4.37. The first-order chi connectivity index (χ1) is 6.16. The minimum absolute atomic E-state index is 0.0395. The van der Waals surface area contributed by atoms with Gasteiger partial charge >= 0.3 is 0 Å². The predicted octanol–water partition coefficient (Wildman–Crippen LogP) is 2.62. The van der Waals surface area contributed by atoms with Crippen molar-refractivity contribution in [2.75, 3.05) is 0 Å². The van der Waals surface area contributed by atoms with Crippen LogP contribution in [-0.2, 0) is 0 Å². The van der Waals surface area contributed by atoms with Gasteiger partial charge in [0, 0.05) is 0 Å². The third kappa shape index (κ3) is 1.57. The summed E-state index contributed by atoms with van der Waals surface area (Å²) in [6, 6.07) is 6.32. The smallest absolute Gasteiger partial charge is 0.110 e. The molecule has 0 amide bonds. The molecule has 1 aromatic heterocycles. The maximum absolute atomic E-state index is 5.76. The third-order valence-electron chi connectivity index (χ3n) is 1.95. The first kappa shape index (κ1) is 8.66. The molecule has 1 atom stereocenters. The molecule has 68 valence electrons. The van der Waals surface area contributed by atoms with Gasteiger partial charge in [0.1, 0.15) is 5.01 Å². The van der Waals surface area contributed by atoms with Crippen molar-refractivity contribution in [3.8, 4) is 0 Å². The second-order valence-electron chi connectivity index (χ2n) is 3.31. The fourth-order valence-electron chi connectivity index (χ4n) is 1.24. The molecule has 0 fully saturated rings. The van der Waals surface area contributed by atoms with E-state index in [1.165, 1.54) is 10.3 Å². The van der Waals surface area contributed by atoms with E-state index in [0.29, 0.717) is 0 Å². The Balaban J connectivity index is 2.62. The van der Waals surface area contributed by atoms with Crippen LogP contribution in [0.1, 0.15) is 23.5 Å². The Bertz CT molecular complexity index is 431. The van der Waals surface area contributed by atoms with Crippen LogP contribution in [0.5, 0.6) is 0 Å². The zero-order valence-electron chi connectivity index (χ0n) is 7.74. The van der Waals surface area contributed by atoms with E-state index in [2.05, 4.69) is 24.0 Å².